The van der Waals surface area contributed by atoms with Crippen LogP contribution >= 0.6 is 11.8 Å². The highest BCUT2D eigenvalue weighted by Crippen LogP contribution is 2.27. The van der Waals surface area contributed by atoms with Gasteiger partial charge in [-0.1, -0.05) is 30.0 Å². The van der Waals surface area contributed by atoms with Crippen LogP contribution in [0.2, 0.25) is 0 Å². The molecule has 3 aromatic rings. The third-order valence-corrected chi connectivity index (χ3v) is 3.96. The largest absolute Gasteiger partial charge is 0.478 e. The average molecular weight is 299 g/mol. The molecule has 2 aromatic carbocycles. The Hall–Kier alpha value is -2.27. The maximum absolute atomic E-state index is 10.9. The Kier molecular flexibility index (Phi) is 3.66. The Labute approximate surface area is 125 Å². The quantitative estimate of drug-likeness (QED) is 0.734. The van der Waals surface area contributed by atoms with Crippen LogP contribution in [0.15, 0.2) is 52.1 Å². The SMILES string of the molecule is Cc1ccc2nc(SCc3cccc(C(=O)O)c3)oc2c1. The zero-order chi connectivity index (χ0) is 14.8. The monoisotopic (exact) mass is 299 g/mol. The van der Waals surface area contributed by atoms with Crippen molar-refractivity contribution in [1.29, 1.82) is 0 Å². The molecule has 1 aromatic heterocycles. The molecule has 3 rings (SSSR count). The van der Waals surface area contributed by atoms with Crippen LogP contribution in [0, 0.1) is 6.92 Å². The Morgan fingerprint density at radius 2 is 2.14 bits per heavy atom. The number of carboxylic acid groups (broad SMARTS) is 1. The van der Waals surface area contributed by atoms with Crippen molar-refractivity contribution < 1.29 is 14.3 Å². The maximum Gasteiger partial charge on any atom is 0.335 e. The number of nitrogens with zero attached hydrogens (tertiary/aromatic N) is 1. The van der Waals surface area contributed by atoms with Gasteiger partial charge in [-0.3, -0.25) is 0 Å². The number of oxazole rings is 1. The van der Waals surface area contributed by atoms with Crippen molar-refractivity contribution in [2.75, 3.05) is 0 Å². The normalized spacial score (nSPS) is 10.9. The second kappa shape index (κ2) is 5.61. The summed E-state index contributed by atoms with van der Waals surface area (Å²) in [5.41, 5.74) is 3.96. The lowest BCUT2D eigenvalue weighted by Gasteiger charge is -2.00. The first kappa shape index (κ1) is 13.7. The lowest BCUT2D eigenvalue weighted by atomic mass is 10.1. The van der Waals surface area contributed by atoms with Gasteiger partial charge in [-0.25, -0.2) is 9.78 Å². The van der Waals surface area contributed by atoms with E-state index in [0.717, 1.165) is 22.2 Å². The number of carbonyl (C=O) groups is 1. The van der Waals surface area contributed by atoms with Crippen LogP contribution < -0.4 is 0 Å². The molecule has 0 amide bonds. The summed E-state index contributed by atoms with van der Waals surface area (Å²) in [6.45, 7) is 2.01. The average Bonchev–Trinajstić information content (AvgIpc) is 2.87. The van der Waals surface area contributed by atoms with Crippen LogP contribution in [-0.2, 0) is 5.75 Å². The molecule has 0 radical (unpaired) electrons. The molecule has 0 bridgehead atoms. The highest BCUT2D eigenvalue weighted by molar-refractivity contribution is 7.98. The second-order valence-electron chi connectivity index (χ2n) is 4.75. The molecule has 0 aliphatic carbocycles. The van der Waals surface area contributed by atoms with E-state index in [-0.39, 0.29) is 0 Å². The molecule has 1 N–H and O–H groups in total. The molecule has 0 spiro atoms. The molecule has 4 nitrogen and oxygen atoms in total. The van der Waals surface area contributed by atoms with Crippen molar-refractivity contribution in [2.24, 2.45) is 0 Å². The minimum Gasteiger partial charge on any atom is -0.478 e. The number of benzene rings is 2. The summed E-state index contributed by atoms with van der Waals surface area (Å²) in [5.74, 6) is -0.299. The number of hydrogen-bond donors (Lipinski definition) is 1. The second-order valence-corrected chi connectivity index (χ2v) is 5.67. The molecule has 0 fully saturated rings. The van der Waals surface area contributed by atoms with Crippen molar-refractivity contribution in [3.63, 3.8) is 0 Å². The fourth-order valence-electron chi connectivity index (χ4n) is 2.01. The molecule has 5 heteroatoms. The highest BCUT2D eigenvalue weighted by atomic mass is 32.2. The van der Waals surface area contributed by atoms with Gasteiger partial charge in [0.15, 0.2) is 5.58 Å². The van der Waals surface area contributed by atoms with Crippen molar-refractivity contribution >= 4 is 28.8 Å². The first-order valence-corrected chi connectivity index (χ1v) is 7.42. The van der Waals surface area contributed by atoms with E-state index in [9.17, 15) is 4.79 Å². The molecule has 0 aliphatic rings. The molecule has 106 valence electrons. The lowest BCUT2D eigenvalue weighted by Crippen LogP contribution is -1.96. The van der Waals surface area contributed by atoms with Gasteiger partial charge >= 0.3 is 5.97 Å². The number of aromatic carboxylic acids is 1. The summed E-state index contributed by atoms with van der Waals surface area (Å²) in [5, 5.41) is 9.57. The fourth-order valence-corrected chi connectivity index (χ4v) is 2.79. The van der Waals surface area contributed by atoms with Gasteiger partial charge in [-0.2, -0.15) is 0 Å². The first-order chi connectivity index (χ1) is 10.1. The van der Waals surface area contributed by atoms with Crippen LogP contribution in [0.1, 0.15) is 21.5 Å². The summed E-state index contributed by atoms with van der Waals surface area (Å²) in [6, 6.07) is 12.8. The van der Waals surface area contributed by atoms with Gasteiger partial charge < -0.3 is 9.52 Å². The molecule has 21 heavy (non-hydrogen) atoms. The van der Waals surface area contributed by atoms with Crippen molar-refractivity contribution in [3.8, 4) is 0 Å². The first-order valence-electron chi connectivity index (χ1n) is 6.44. The summed E-state index contributed by atoms with van der Waals surface area (Å²) < 4.78 is 5.68. The van der Waals surface area contributed by atoms with E-state index < -0.39 is 5.97 Å². The third-order valence-electron chi connectivity index (χ3n) is 3.06. The fraction of sp³-hybridized carbons (Fsp3) is 0.125. The number of aryl methyl sites for hydroxylation is 1. The maximum atomic E-state index is 10.9. The predicted octanol–water partition coefficient (Wildman–Crippen LogP) is 4.13. The number of thioether (sulfide) groups is 1. The van der Waals surface area contributed by atoms with E-state index in [4.69, 9.17) is 9.52 Å². The number of rotatable bonds is 4. The van der Waals surface area contributed by atoms with E-state index >= 15 is 0 Å². The van der Waals surface area contributed by atoms with E-state index in [1.54, 1.807) is 18.2 Å². The Balaban J connectivity index is 1.77. The summed E-state index contributed by atoms with van der Waals surface area (Å²) in [7, 11) is 0. The van der Waals surface area contributed by atoms with E-state index in [2.05, 4.69) is 4.98 Å². The van der Waals surface area contributed by atoms with Crippen molar-refractivity contribution in [1.82, 2.24) is 4.98 Å². The van der Waals surface area contributed by atoms with Crippen LogP contribution in [0.3, 0.4) is 0 Å². The zero-order valence-corrected chi connectivity index (χ0v) is 12.2. The van der Waals surface area contributed by atoms with Gasteiger partial charge in [0.05, 0.1) is 5.56 Å². The number of hydrogen-bond acceptors (Lipinski definition) is 4. The number of fused-ring (bicyclic) bond motifs is 1. The standard InChI is InChI=1S/C16H13NO3S/c1-10-5-6-13-14(7-10)20-16(17-13)21-9-11-3-2-4-12(8-11)15(18)19/h2-8H,9H2,1H3,(H,18,19). The smallest absolute Gasteiger partial charge is 0.335 e. The van der Waals surface area contributed by atoms with E-state index in [0.29, 0.717) is 16.5 Å². The molecule has 0 unspecified atom stereocenters. The third kappa shape index (κ3) is 3.08. The van der Waals surface area contributed by atoms with Crippen LogP contribution in [0.25, 0.3) is 11.1 Å². The van der Waals surface area contributed by atoms with Gasteiger partial charge in [0.2, 0.25) is 0 Å². The van der Waals surface area contributed by atoms with Gasteiger partial charge in [0.25, 0.3) is 5.22 Å². The Morgan fingerprint density at radius 1 is 1.29 bits per heavy atom. The molecule has 0 saturated carbocycles. The van der Waals surface area contributed by atoms with Gasteiger partial charge in [0, 0.05) is 5.75 Å². The molecular formula is C16H13NO3S. The molecule has 1 heterocycles. The predicted molar refractivity (Wildman–Crippen MR) is 81.7 cm³/mol. The van der Waals surface area contributed by atoms with Crippen LogP contribution in [-0.4, -0.2) is 16.1 Å². The van der Waals surface area contributed by atoms with E-state index in [1.807, 2.05) is 31.2 Å². The van der Waals surface area contributed by atoms with E-state index in [1.165, 1.54) is 11.8 Å². The lowest BCUT2D eigenvalue weighted by molar-refractivity contribution is 0.0697. The van der Waals surface area contributed by atoms with Crippen molar-refractivity contribution in [2.45, 2.75) is 17.9 Å². The molecule has 0 aliphatic heterocycles. The minimum atomic E-state index is -0.917. The minimum absolute atomic E-state index is 0.293. The van der Waals surface area contributed by atoms with Crippen LogP contribution in [0.4, 0.5) is 0 Å². The van der Waals surface area contributed by atoms with Crippen molar-refractivity contribution in [3.05, 3.63) is 59.2 Å². The summed E-state index contributed by atoms with van der Waals surface area (Å²) >= 11 is 1.45. The summed E-state index contributed by atoms with van der Waals surface area (Å²) in [6.07, 6.45) is 0. The van der Waals surface area contributed by atoms with Gasteiger partial charge in [-0.15, -0.1) is 0 Å². The zero-order valence-electron chi connectivity index (χ0n) is 11.4. The van der Waals surface area contributed by atoms with Gasteiger partial charge in [-0.05, 0) is 42.3 Å². The number of carboxylic acids is 1. The highest BCUT2D eigenvalue weighted by Gasteiger charge is 2.08. The molecular weight excluding hydrogens is 286 g/mol. The Morgan fingerprint density at radius 3 is 2.95 bits per heavy atom. The van der Waals surface area contributed by atoms with Crippen LogP contribution in [0.5, 0.6) is 0 Å². The number of aromatic nitrogens is 1. The molecule has 0 atom stereocenters. The molecule has 0 saturated heterocycles. The summed E-state index contributed by atoms with van der Waals surface area (Å²) in [4.78, 5) is 15.3. The van der Waals surface area contributed by atoms with Gasteiger partial charge in [0.1, 0.15) is 5.52 Å². The Bertz CT molecular complexity index is 810. The topological polar surface area (TPSA) is 63.3 Å².